The SMILES string of the molecule is CC(C)N1CCC2(C[C@@H]2N)C1. The van der Waals surface area contributed by atoms with Gasteiger partial charge in [0.25, 0.3) is 0 Å². The quantitative estimate of drug-likeness (QED) is 0.606. The van der Waals surface area contributed by atoms with E-state index in [2.05, 4.69) is 18.7 Å². The lowest BCUT2D eigenvalue weighted by atomic mass is 10.1. The maximum atomic E-state index is 5.90. The third-order valence-corrected chi connectivity index (χ3v) is 3.40. The van der Waals surface area contributed by atoms with E-state index in [-0.39, 0.29) is 0 Å². The van der Waals surface area contributed by atoms with Crippen LogP contribution < -0.4 is 5.73 Å². The molecule has 2 atom stereocenters. The first-order chi connectivity index (χ1) is 5.14. The number of likely N-dealkylation sites (tertiary alicyclic amines) is 1. The topological polar surface area (TPSA) is 29.3 Å². The third kappa shape index (κ3) is 1.09. The lowest BCUT2D eigenvalue weighted by Crippen LogP contribution is -2.29. The average molecular weight is 154 g/mol. The van der Waals surface area contributed by atoms with Gasteiger partial charge in [-0.1, -0.05) is 0 Å². The van der Waals surface area contributed by atoms with Crippen molar-refractivity contribution in [2.45, 2.75) is 38.8 Å². The summed E-state index contributed by atoms with van der Waals surface area (Å²) in [5, 5.41) is 0. The Hall–Kier alpha value is -0.0800. The van der Waals surface area contributed by atoms with Gasteiger partial charge in [0.2, 0.25) is 0 Å². The van der Waals surface area contributed by atoms with Crippen LogP contribution in [-0.4, -0.2) is 30.1 Å². The highest BCUT2D eigenvalue weighted by molar-refractivity contribution is 5.11. The second-order valence-electron chi connectivity index (χ2n) is 4.49. The Labute approximate surface area is 68.7 Å². The second-order valence-corrected chi connectivity index (χ2v) is 4.49. The molecule has 0 aromatic rings. The van der Waals surface area contributed by atoms with Gasteiger partial charge in [0.1, 0.15) is 0 Å². The van der Waals surface area contributed by atoms with Crippen molar-refractivity contribution in [2.24, 2.45) is 11.1 Å². The van der Waals surface area contributed by atoms with Gasteiger partial charge in [-0.05, 0) is 33.2 Å². The Morgan fingerprint density at radius 3 is 2.45 bits per heavy atom. The van der Waals surface area contributed by atoms with Gasteiger partial charge in [0.05, 0.1) is 0 Å². The molecule has 64 valence electrons. The van der Waals surface area contributed by atoms with E-state index < -0.39 is 0 Å². The standard InChI is InChI=1S/C9H18N2/c1-7(2)11-4-3-9(6-11)5-8(9)10/h7-8H,3-6,10H2,1-2H3/t8-,9?/m0/s1. The van der Waals surface area contributed by atoms with Crippen LogP contribution in [-0.2, 0) is 0 Å². The van der Waals surface area contributed by atoms with Crippen LogP contribution in [0.25, 0.3) is 0 Å². The van der Waals surface area contributed by atoms with Crippen molar-refractivity contribution in [1.82, 2.24) is 4.90 Å². The number of nitrogens with zero attached hydrogens (tertiary/aromatic N) is 1. The molecule has 2 aliphatic rings. The van der Waals surface area contributed by atoms with Crippen LogP contribution in [0, 0.1) is 5.41 Å². The van der Waals surface area contributed by atoms with Crippen LogP contribution in [0.3, 0.4) is 0 Å². The number of hydrogen-bond acceptors (Lipinski definition) is 2. The largest absolute Gasteiger partial charge is 0.327 e. The van der Waals surface area contributed by atoms with Gasteiger partial charge < -0.3 is 10.6 Å². The molecule has 1 spiro atoms. The van der Waals surface area contributed by atoms with Crippen molar-refractivity contribution in [3.8, 4) is 0 Å². The van der Waals surface area contributed by atoms with E-state index in [9.17, 15) is 0 Å². The van der Waals surface area contributed by atoms with E-state index in [0.717, 1.165) is 0 Å². The van der Waals surface area contributed by atoms with Crippen molar-refractivity contribution >= 4 is 0 Å². The molecule has 1 aliphatic carbocycles. The first kappa shape index (κ1) is 7.56. The number of nitrogens with two attached hydrogens (primary N) is 1. The molecule has 0 amide bonds. The fraction of sp³-hybridized carbons (Fsp3) is 1.00. The molecule has 1 aliphatic heterocycles. The Kier molecular flexibility index (Phi) is 1.52. The Balaban J connectivity index is 1.95. The van der Waals surface area contributed by atoms with E-state index in [4.69, 9.17) is 5.73 Å². The van der Waals surface area contributed by atoms with Crippen molar-refractivity contribution in [3.63, 3.8) is 0 Å². The predicted octanol–water partition coefficient (Wildman–Crippen LogP) is 0.818. The van der Waals surface area contributed by atoms with E-state index in [1.165, 1.54) is 25.9 Å². The van der Waals surface area contributed by atoms with Gasteiger partial charge in [-0.15, -0.1) is 0 Å². The molecule has 2 nitrogen and oxygen atoms in total. The molecular formula is C9H18N2. The monoisotopic (exact) mass is 154 g/mol. The molecule has 2 fully saturated rings. The van der Waals surface area contributed by atoms with Crippen molar-refractivity contribution in [2.75, 3.05) is 13.1 Å². The summed E-state index contributed by atoms with van der Waals surface area (Å²) in [5.74, 6) is 0. The highest BCUT2D eigenvalue weighted by Gasteiger charge is 2.55. The van der Waals surface area contributed by atoms with E-state index in [0.29, 0.717) is 17.5 Å². The summed E-state index contributed by atoms with van der Waals surface area (Å²) in [4.78, 5) is 2.55. The minimum absolute atomic E-state index is 0.520. The summed E-state index contributed by atoms with van der Waals surface area (Å²) in [6, 6.07) is 1.23. The van der Waals surface area contributed by atoms with Crippen LogP contribution in [0.2, 0.25) is 0 Å². The highest BCUT2D eigenvalue weighted by atomic mass is 15.2. The van der Waals surface area contributed by atoms with Gasteiger partial charge in [-0.25, -0.2) is 0 Å². The molecule has 0 aromatic heterocycles. The highest BCUT2D eigenvalue weighted by Crippen LogP contribution is 2.51. The van der Waals surface area contributed by atoms with Crippen molar-refractivity contribution < 1.29 is 0 Å². The molecule has 0 aromatic carbocycles. The third-order valence-electron chi connectivity index (χ3n) is 3.40. The maximum Gasteiger partial charge on any atom is 0.0115 e. The van der Waals surface area contributed by atoms with Crippen LogP contribution >= 0.6 is 0 Å². The minimum Gasteiger partial charge on any atom is -0.327 e. The zero-order chi connectivity index (χ0) is 8.06. The number of rotatable bonds is 1. The van der Waals surface area contributed by atoms with Gasteiger partial charge in [-0.3, -0.25) is 0 Å². The van der Waals surface area contributed by atoms with Gasteiger partial charge in [-0.2, -0.15) is 0 Å². The first-order valence-corrected chi connectivity index (χ1v) is 4.64. The van der Waals surface area contributed by atoms with E-state index >= 15 is 0 Å². The predicted molar refractivity (Wildman–Crippen MR) is 46.4 cm³/mol. The van der Waals surface area contributed by atoms with Crippen LogP contribution in [0.15, 0.2) is 0 Å². The summed E-state index contributed by atoms with van der Waals surface area (Å²) >= 11 is 0. The summed E-state index contributed by atoms with van der Waals surface area (Å²) in [6.07, 6.45) is 2.61. The molecule has 1 heterocycles. The van der Waals surface area contributed by atoms with Crippen molar-refractivity contribution in [1.29, 1.82) is 0 Å². The minimum atomic E-state index is 0.520. The van der Waals surface area contributed by atoms with Gasteiger partial charge in [0.15, 0.2) is 0 Å². The Bertz CT molecular complexity index is 167. The number of hydrogen-bond donors (Lipinski definition) is 1. The van der Waals surface area contributed by atoms with Crippen LogP contribution in [0.5, 0.6) is 0 Å². The van der Waals surface area contributed by atoms with Crippen molar-refractivity contribution in [3.05, 3.63) is 0 Å². The fourth-order valence-corrected chi connectivity index (χ4v) is 2.22. The average Bonchev–Trinajstić information content (AvgIpc) is 2.44. The Morgan fingerprint density at radius 2 is 2.18 bits per heavy atom. The fourth-order valence-electron chi connectivity index (χ4n) is 2.22. The summed E-state index contributed by atoms with van der Waals surface area (Å²) in [5.41, 5.74) is 6.46. The molecule has 0 radical (unpaired) electrons. The summed E-state index contributed by atoms with van der Waals surface area (Å²) < 4.78 is 0. The summed E-state index contributed by atoms with van der Waals surface area (Å²) in [7, 11) is 0. The van der Waals surface area contributed by atoms with E-state index in [1.807, 2.05) is 0 Å². The van der Waals surface area contributed by atoms with Crippen LogP contribution in [0.1, 0.15) is 26.7 Å². The lowest BCUT2D eigenvalue weighted by molar-refractivity contribution is 0.260. The second kappa shape index (κ2) is 2.20. The molecule has 0 bridgehead atoms. The molecule has 1 saturated carbocycles. The summed E-state index contributed by atoms with van der Waals surface area (Å²) in [6.45, 7) is 7.07. The zero-order valence-corrected chi connectivity index (χ0v) is 7.51. The lowest BCUT2D eigenvalue weighted by Gasteiger charge is -2.20. The van der Waals surface area contributed by atoms with Gasteiger partial charge >= 0.3 is 0 Å². The zero-order valence-electron chi connectivity index (χ0n) is 7.51. The smallest absolute Gasteiger partial charge is 0.0115 e. The van der Waals surface area contributed by atoms with Gasteiger partial charge in [0, 0.05) is 24.0 Å². The molecule has 2 heteroatoms. The molecule has 11 heavy (non-hydrogen) atoms. The maximum absolute atomic E-state index is 5.90. The normalized spacial score (nSPS) is 44.2. The Morgan fingerprint density at radius 1 is 1.55 bits per heavy atom. The van der Waals surface area contributed by atoms with E-state index in [1.54, 1.807) is 0 Å². The molecule has 1 saturated heterocycles. The molecular weight excluding hydrogens is 136 g/mol. The van der Waals surface area contributed by atoms with Crippen LogP contribution in [0.4, 0.5) is 0 Å². The first-order valence-electron chi connectivity index (χ1n) is 4.64. The molecule has 2 N–H and O–H groups in total. The molecule has 2 rings (SSSR count). The molecule has 1 unspecified atom stereocenters.